The third kappa shape index (κ3) is 4.24. The molecule has 7 heteroatoms. The van der Waals surface area contributed by atoms with Crippen LogP contribution in [0.5, 0.6) is 0 Å². The maximum absolute atomic E-state index is 14.1. The van der Waals surface area contributed by atoms with Crippen LogP contribution in [0.3, 0.4) is 0 Å². The number of amides is 2. The molecule has 0 radical (unpaired) electrons. The lowest BCUT2D eigenvalue weighted by Gasteiger charge is -2.10. The second kappa shape index (κ2) is 7.83. The predicted molar refractivity (Wildman–Crippen MR) is 111 cm³/mol. The highest BCUT2D eigenvalue weighted by atomic mass is 79.9. The van der Waals surface area contributed by atoms with Gasteiger partial charge < -0.3 is 15.1 Å². The summed E-state index contributed by atoms with van der Waals surface area (Å²) in [4.78, 5) is 24.9. The van der Waals surface area contributed by atoms with Gasteiger partial charge >= 0.3 is 0 Å². The quantitative estimate of drug-likeness (QED) is 0.533. The van der Waals surface area contributed by atoms with Crippen molar-refractivity contribution in [2.24, 2.45) is 5.92 Å². The number of anilines is 2. The molecule has 0 aliphatic heterocycles. The Kier molecular flexibility index (Phi) is 5.24. The summed E-state index contributed by atoms with van der Waals surface area (Å²) in [5.41, 5.74) is 1.86. The molecule has 29 heavy (non-hydrogen) atoms. The zero-order valence-electron chi connectivity index (χ0n) is 15.5. The van der Waals surface area contributed by atoms with Crippen molar-refractivity contribution in [2.45, 2.75) is 19.3 Å². The Hall–Kier alpha value is -2.93. The van der Waals surface area contributed by atoms with Gasteiger partial charge in [-0.15, -0.1) is 0 Å². The molecule has 1 aliphatic rings. The summed E-state index contributed by atoms with van der Waals surface area (Å²) in [7, 11) is 0. The average molecular weight is 457 g/mol. The van der Waals surface area contributed by atoms with Gasteiger partial charge in [0, 0.05) is 16.1 Å². The number of carbonyl (C=O) groups is 2. The summed E-state index contributed by atoms with van der Waals surface area (Å²) >= 11 is 3.45. The molecule has 0 spiro atoms. The largest absolute Gasteiger partial charge is 0.469 e. The first-order chi connectivity index (χ1) is 13.9. The summed E-state index contributed by atoms with van der Waals surface area (Å²) in [6, 6.07) is 13.5. The highest BCUT2D eigenvalue weighted by Crippen LogP contribution is 2.48. The zero-order valence-corrected chi connectivity index (χ0v) is 17.1. The van der Waals surface area contributed by atoms with E-state index in [-0.39, 0.29) is 23.4 Å². The number of hydrogen-bond donors (Lipinski definition) is 2. The number of hydrogen-bond acceptors (Lipinski definition) is 3. The first kappa shape index (κ1) is 19.4. The van der Waals surface area contributed by atoms with Gasteiger partial charge in [-0.25, -0.2) is 4.39 Å². The normalized spacial score (nSPS) is 17.6. The topological polar surface area (TPSA) is 71.3 Å². The van der Waals surface area contributed by atoms with Gasteiger partial charge in [-0.3, -0.25) is 9.59 Å². The minimum absolute atomic E-state index is 0.00673. The fourth-order valence-electron chi connectivity index (χ4n) is 3.33. The standard InChI is InChI=1S/C22H18BrFN2O3/c1-12-16(7-8-29-12)21(27)26-20-10-15(5-6-19(20)24)25-22(28)18-11-17(18)13-3-2-4-14(23)9-13/h2-10,17-18H,11H2,1H3,(H,25,28)(H,26,27). The van der Waals surface area contributed by atoms with Crippen molar-refractivity contribution in [2.75, 3.05) is 10.6 Å². The third-order valence-electron chi connectivity index (χ3n) is 4.99. The van der Waals surface area contributed by atoms with E-state index in [4.69, 9.17) is 4.42 Å². The van der Waals surface area contributed by atoms with Crippen LogP contribution in [0.15, 0.2) is 63.7 Å². The van der Waals surface area contributed by atoms with Crippen LogP contribution in [0.2, 0.25) is 0 Å². The van der Waals surface area contributed by atoms with Gasteiger partial charge in [0.2, 0.25) is 5.91 Å². The minimum Gasteiger partial charge on any atom is -0.469 e. The Morgan fingerprint density at radius 2 is 1.97 bits per heavy atom. The van der Waals surface area contributed by atoms with Crippen LogP contribution in [0.25, 0.3) is 0 Å². The van der Waals surface area contributed by atoms with E-state index in [9.17, 15) is 14.0 Å². The summed E-state index contributed by atoms with van der Waals surface area (Å²) in [5, 5.41) is 5.34. The molecule has 5 nitrogen and oxygen atoms in total. The second-order valence-corrected chi connectivity index (χ2v) is 7.95. The fourth-order valence-corrected chi connectivity index (χ4v) is 3.75. The van der Waals surface area contributed by atoms with Crippen LogP contribution in [-0.2, 0) is 4.79 Å². The number of rotatable bonds is 5. The van der Waals surface area contributed by atoms with E-state index in [0.29, 0.717) is 17.0 Å². The summed E-state index contributed by atoms with van der Waals surface area (Å²) in [6.07, 6.45) is 2.17. The van der Waals surface area contributed by atoms with Gasteiger partial charge in [-0.05, 0) is 61.2 Å². The number of aryl methyl sites for hydroxylation is 1. The smallest absolute Gasteiger partial charge is 0.259 e. The Labute approximate surface area is 175 Å². The molecular formula is C22H18BrFN2O3. The molecule has 1 saturated carbocycles. The molecule has 1 aliphatic carbocycles. The lowest BCUT2D eigenvalue weighted by Crippen LogP contribution is -2.16. The molecular weight excluding hydrogens is 439 g/mol. The van der Waals surface area contributed by atoms with Crippen molar-refractivity contribution in [3.05, 3.63) is 82.0 Å². The number of halogens is 2. The molecule has 2 atom stereocenters. The van der Waals surface area contributed by atoms with Crippen molar-refractivity contribution in [3.8, 4) is 0 Å². The molecule has 3 aromatic rings. The number of carbonyl (C=O) groups excluding carboxylic acids is 2. The van der Waals surface area contributed by atoms with E-state index >= 15 is 0 Å². The Morgan fingerprint density at radius 3 is 2.69 bits per heavy atom. The van der Waals surface area contributed by atoms with Gasteiger partial charge in [0.1, 0.15) is 11.6 Å². The first-order valence-corrected chi connectivity index (χ1v) is 9.93. The van der Waals surface area contributed by atoms with Gasteiger partial charge in [-0.2, -0.15) is 0 Å². The fraction of sp³-hybridized carbons (Fsp3) is 0.182. The van der Waals surface area contributed by atoms with E-state index < -0.39 is 11.7 Å². The molecule has 1 aromatic heterocycles. The summed E-state index contributed by atoms with van der Waals surface area (Å²) in [5.74, 6) is -0.687. The summed E-state index contributed by atoms with van der Waals surface area (Å²) in [6.45, 7) is 1.65. The van der Waals surface area contributed by atoms with Crippen molar-refractivity contribution in [1.29, 1.82) is 0 Å². The Balaban J connectivity index is 1.43. The highest BCUT2D eigenvalue weighted by molar-refractivity contribution is 9.10. The van der Waals surface area contributed by atoms with Crippen molar-refractivity contribution >= 4 is 39.1 Å². The molecule has 2 N–H and O–H groups in total. The zero-order chi connectivity index (χ0) is 20.5. The second-order valence-electron chi connectivity index (χ2n) is 7.03. The van der Waals surface area contributed by atoms with Gasteiger partial charge in [-0.1, -0.05) is 28.1 Å². The van der Waals surface area contributed by atoms with Crippen LogP contribution < -0.4 is 10.6 Å². The minimum atomic E-state index is -0.587. The maximum Gasteiger partial charge on any atom is 0.259 e. The molecule has 0 saturated heterocycles. The molecule has 2 amide bonds. The van der Waals surface area contributed by atoms with Gasteiger partial charge in [0.25, 0.3) is 5.91 Å². The van der Waals surface area contributed by atoms with Crippen molar-refractivity contribution < 1.29 is 18.4 Å². The highest BCUT2D eigenvalue weighted by Gasteiger charge is 2.44. The molecule has 1 heterocycles. The molecule has 4 rings (SSSR count). The molecule has 2 unspecified atom stereocenters. The third-order valence-corrected chi connectivity index (χ3v) is 5.48. The van der Waals surface area contributed by atoms with E-state index in [0.717, 1.165) is 16.5 Å². The lowest BCUT2D eigenvalue weighted by molar-refractivity contribution is -0.117. The number of benzene rings is 2. The van der Waals surface area contributed by atoms with E-state index in [1.54, 1.807) is 6.92 Å². The first-order valence-electron chi connectivity index (χ1n) is 9.13. The van der Waals surface area contributed by atoms with Crippen LogP contribution in [0.4, 0.5) is 15.8 Å². The molecule has 148 valence electrons. The predicted octanol–water partition coefficient (Wildman–Crippen LogP) is 5.48. The van der Waals surface area contributed by atoms with Gasteiger partial charge in [0.15, 0.2) is 0 Å². The SMILES string of the molecule is Cc1occc1C(=O)Nc1cc(NC(=O)C2CC2c2cccc(Br)c2)ccc1F. The summed E-state index contributed by atoms with van der Waals surface area (Å²) < 4.78 is 20.2. The Bertz CT molecular complexity index is 1100. The maximum atomic E-state index is 14.1. The molecule has 1 fully saturated rings. The monoisotopic (exact) mass is 456 g/mol. The average Bonchev–Trinajstić information content (AvgIpc) is 3.38. The van der Waals surface area contributed by atoms with Gasteiger partial charge in [0.05, 0.1) is 17.5 Å². The lowest BCUT2D eigenvalue weighted by atomic mass is 10.1. The number of nitrogens with one attached hydrogen (secondary N) is 2. The van der Waals surface area contributed by atoms with Crippen molar-refractivity contribution in [3.63, 3.8) is 0 Å². The molecule has 2 aromatic carbocycles. The van der Waals surface area contributed by atoms with E-state index in [1.165, 1.54) is 30.5 Å². The van der Waals surface area contributed by atoms with E-state index in [1.807, 2.05) is 24.3 Å². The molecule has 0 bridgehead atoms. The van der Waals surface area contributed by atoms with Crippen molar-refractivity contribution in [1.82, 2.24) is 0 Å². The Morgan fingerprint density at radius 1 is 1.14 bits per heavy atom. The van der Waals surface area contributed by atoms with Crippen LogP contribution >= 0.6 is 15.9 Å². The number of furan rings is 1. The van der Waals surface area contributed by atoms with Crippen LogP contribution in [0.1, 0.15) is 34.0 Å². The van der Waals surface area contributed by atoms with E-state index in [2.05, 4.69) is 26.6 Å². The van der Waals surface area contributed by atoms with Crippen LogP contribution in [0, 0.1) is 18.7 Å². The van der Waals surface area contributed by atoms with Crippen LogP contribution in [-0.4, -0.2) is 11.8 Å².